The van der Waals surface area contributed by atoms with Gasteiger partial charge in [0.2, 0.25) is 0 Å². The van der Waals surface area contributed by atoms with E-state index in [4.69, 9.17) is 4.74 Å². The third-order valence-corrected chi connectivity index (χ3v) is 13.4. The lowest BCUT2D eigenvalue weighted by atomic mass is 9.32. The van der Waals surface area contributed by atoms with Gasteiger partial charge in [0.1, 0.15) is 6.10 Å². The van der Waals surface area contributed by atoms with Crippen molar-refractivity contribution in [3.8, 4) is 0 Å². The summed E-state index contributed by atoms with van der Waals surface area (Å²) in [5.41, 5.74) is -0.862. The van der Waals surface area contributed by atoms with Gasteiger partial charge >= 0.3 is 17.9 Å². The molecule has 5 aliphatic rings. The highest BCUT2D eigenvalue weighted by atomic mass is 16.5. The average molecular weight is 503 g/mol. The predicted octanol–water partition coefficient (Wildman–Crippen LogP) is 6.17. The maximum atomic E-state index is 12.7. The molecule has 5 fully saturated rings. The Bertz CT molecular complexity index is 972. The van der Waals surface area contributed by atoms with Crippen LogP contribution in [-0.2, 0) is 19.1 Å². The summed E-state index contributed by atoms with van der Waals surface area (Å²) < 4.78 is 5.83. The maximum Gasteiger partial charge on any atom is 0.309 e. The molecule has 10 atom stereocenters. The van der Waals surface area contributed by atoms with Crippen molar-refractivity contribution in [2.45, 2.75) is 112 Å². The van der Waals surface area contributed by atoms with Crippen LogP contribution in [0.2, 0.25) is 0 Å². The van der Waals surface area contributed by atoms with Gasteiger partial charge in [-0.2, -0.15) is 0 Å². The zero-order valence-corrected chi connectivity index (χ0v) is 23.1. The number of hydrogen-bond acceptors (Lipinski definition) is 4. The van der Waals surface area contributed by atoms with Gasteiger partial charge in [-0.25, -0.2) is 0 Å². The van der Waals surface area contributed by atoms with Crippen molar-refractivity contribution in [2.24, 2.45) is 56.7 Å². The van der Waals surface area contributed by atoms with Crippen molar-refractivity contribution in [1.29, 1.82) is 0 Å². The number of fused-ring (bicyclic) bond motifs is 7. The normalized spacial score (nSPS) is 51.2. The van der Waals surface area contributed by atoms with Crippen LogP contribution in [0, 0.1) is 56.7 Å². The summed E-state index contributed by atoms with van der Waals surface area (Å²) >= 11 is 0. The number of ether oxygens (including phenoxy) is 1. The van der Waals surface area contributed by atoms with Crippen LogP contribution in [-0.4, -0.2) is 34.2 Å². The van der Waals surface area contributed by atoms with Crippen molar-refractivity contribution in [1.82, 2.24) is 0 Å². The molecule has 0 aliphatic heterocycles. The minimum atomic E-state index is -0.873. The van der Waals surface area contributed by atoms with E-state index in [9.17, 15) is 24.6 Å². The third-order valence-electron chi connectivity index (χ3n) is 13.4. The molecule has 36 heavy (non-hydrogen) atoms. The highest BCUT2D eigenvalue weighted by Gasteiger charge is 2.72. The molecule has 5 aliphatic carbocycles. The molecule has 202 valence electrons. The molecule has 0 aromatic rings. The highest BCUT2D eigenvalue weighted by Crippen LogP contribution is 2.77. The van der Waals surface area contributed by atoms with Crippen LogP contribution in [0.25, 0.3) is 0 Å². The van der Waals surface area contributed by atoms with Crippen molar-refractivity contribution < 1.29 is 29.3 Å². The van der Waals surface area contributed by atoms with Crippen LogP contribution in [0.4, 0.5) is 0 Å². The van der Waals surface area contributed by atoms with Crippen LogP contribution in [0.3, 0.4) is 0 Å². The van der Waals surface area contributed by atoms with E-state index in [1.54, 1.807) is 0 Å². The van der Waals surface area contributed by atoms with Crippen LogP contribution in [0.15, 0.2) is 0 Å². The lowest BCUT2D eigenvalue weighted by molar-refractivity contribution is -0.251. The molecule has 4 unspecified atom stereocenters. The zero-order valence-electron chi connectivity index (χ0n) is 23.1. The summed E-state index contributed by atoms with van der Waals surface area (Å²) in [4.78, 5) is 36.9. The number of hydrogen-bond donors (Lipinski definition) is 2. The molecule has 0 heterocycles. The van der Waals surface area contributed by atoms with E-state index < -0.39 is 23.3 Å². The minimum Gasteiger partial charge on any atom is -0.481 e. The number of rotatable bonds is 3. The molecular formula is C30H46O6. The highest BCUT2D eigenvalue weighted by molar-refractivity contribution is 5.79. The number of carboxylic acids is 2. The Hall–Kier alpha value is -1.59. The molecule has 0 amide bonds. The minimum absolute atomic E-state index is 0.0435. The fourth-order valence-electron chi connectivity index (χ4n) is 11.6. The molecule has 0 radical (unpaired) electrons. The molecule has 0 saturated heterocycles. The van der Waals surface area contributed by atoms with Gasteiger partial charge in [-0.05, 0) is 104 Å². The Kier molecular flexibility index (Phi) is 5.75. The summed E-state index contributed by atoms with van der Waals surface area (Å²) in [5, 5.41) is 20.5. The topological polar surface area (TPSA) is 101 Å². The predicted molar refractivity (Wildman–Crippen MR) is 135 cm³/mol. The quantitative estimate of drug-likeness (QED) is 0.448. The molecule has 0 aromatic heterocycles. The Morgan fingerprint density at radius 2 is 1.44 bits per heavy atom. The molecule has 0 bridgehead atoms. The van der Waals surface area contributed by atoms with Crippen LogP contribution >= 0.6 is 0 Å². The first-order chi connectivity index (χ1) is 16.6. The van der Waals surface area contributed by atoms with Crippen molar-refractivity contribution >= 4 is 17.9 Å². The van der Waals surface area contributed by atoms with Gasteiger partial charge in [-0.15, -0.1) is 0 Å². The number of carboxylic acid groups (broad SMARTS) is 2. The molecule has 6 heteroatoms. The van der Waals surface area contributed by atoms with Crippen LogP contribution in [0.1, 0.15) is 106 Å². The molecule has 6 nitrogen and oxygen atoms in total. The van der Waals surface area contributed by atoms with E-state index in [1.165, 1.54) is 6.92 Å². The average Bonchev–Trinajstić information content (AvgIpc) is 3.17. The monoisotopic (exact) mass is 502 g/mol. The first-order valence-corrected chi connectivity index (χ1v) is 14.3. The fraction of sp³-hybridized carbons (Fsp3) is 0.900. The largest absolute Gasteiger partial charge is 0.481 e. The fourth-order valence-corrected chi connectivity index (χ4v) is 11.6. The van der Waals surface area contributed by atoms with E-state index in [1.807, 2.05) is 0 Å². The van der Waals surface area contributed by atoms with Crippen molar-refractivity contribution in [3.05, 3.63) is 0 Å². The summed E-state index contributed by atoms with van der Waals surface area (Å²) in [7, 11) is 0. The smallest absolute Gasteiger partial charge is 0.309 e. The van der Waals surface area contributed by atoms with Gasteiger partial charge in [-0.3, -0.25) is 14.4 Å². The van der Waals surface area contributed by atoms with Gasteiger partial charge in [0.15, 0.2) is 0 Å². The summed E-state index contributed by atoms with van der Waals surface area (Å²) in [5.74, 6) is -1.49. The van der Waals surface area contributed by atoms with Crippen molar-refractivity contribution in [2.75, 3.05) is 0 Å². The van der Waals surface area contributed by atoms with Gasteiger partial charge in [-0.1, -0.05) is 34.6 Å². The molecule has 2 N–H and O–H groups in total. The Morgan fingerprint density at radius 1 is 0.750 bits per heavy atom. The number of aliphatic carboxylic acids is 2. The summed E-state index contributed by atoms with van der Waals surface area (Å²) in [6.45, 7) is 13.4. The van der Waals surface area contributed by atoms with Crippen LogP contribution < -0.4 is 0 Å². The molecule has 0 aromatic carbocycles. The van der Waals surface area contributed by atoms with E-state index in [0.717, 1.165) is 44.9 Å². The third kappa shape index (κ3) is 3.11. The van der Waals surface area contributed by atoms with E-state index in [0.29, 0.717) is 31.1 Å². The molecule has 5 rings (SSSR count). The Labute approximate surface area is 215 Å². The number of carbonyl (C=O) groups excluding carboxylic acids is 1. The van der Waals surface area contributed by atoms with Gasteiger partial charge < -0.3 is 14.9 Å². The summed E-state index contributed by atoms with van der Waals surface area (Å²) in [6, 6.07) is 0. The standard InChI is InChI=1S/C30H46O6/c1-17(31)36-22-11-12-27(4)20(26(22,2)3)10-13-29(6)21(27)8-7-19-23-18(24(32)33)9-14-30(23,25(34)35)16-15-28(19,29)5/h18-23H,7-16H2,1-6H3,(H,32,33)(H,34,35)/t18-,19?,20?,21?,22+,23?,27+,28-,29-,30+/m1/s1. The second-order valence-electron chi connectivity index (χ2n) is 14.6. The second kappa shape index (κ2) is 7.96. The SMILES string of the molecule is CC(=O)O[C@H]1CC[C@@]2(C)C(CC[C@]3(C)C2CCC2C4[C@H](C(=O)O)CC[C@]4(C(=O)O)CC[C@]23C)C1(C)C. The van der Waals surface area contributed by atoms with Crippen LogP contribution in [0.5, 0.6) is 0 Å². The number of esters is 1. The van der Waals surface area contributed by atoms with E-state index in [-0.39, 0.29) is 45.6 Å². The maximum absolute atomic E-state index is 12.7. The molecular weight excluding hydrogens is 456 g/mol. The van der Waals surface area contributed by atoms with Gasteiger partial charge in [0, 0.05) is 12.3 Å². The Morgan fingerprint density at radius 3 is 2.06 bits per heavy atom. The van der Waals surface area contributed by atoms with Gasteiger partial charge in [0.05, 0.1) is 11.3 Å². The van der Waals surface area contributed by atoms with E-state index in [2.05, 4.69) is 34.6 Å². The van der Waals surface area contributed by atoms with E-state index >= 15 is 0 Å². The second-order valence-corrected chi connectivity index (χ2v) is 14.6. The molecule has 5 saturated carbocycles. The van der Waals surface area contributed by atoms with Gasteiger partial charge in [0.25, 0.3) is 0 Å². The molecule has 0 spiro atoms. The van der Waals surface area contributed by atoms with Crippen molar-refractivity contribution in [3.63, 3.8) is 0 Å². The first-order valence-electron chi connectivity index (χ1n) is 14.3. The zero-order chi connectivity index (χ0) is 26.5. The first kappa shape index (κ1) is 26.0. The summed E-state index contributed by atoms with van der Waals surface area (Å²) in [6.07, 6.45) is 8.47. The lowest BCUT2D eigenvalue weighted by Crippen LogP contribution is -2.67. The Balaban J connectivity index is 1.52. The lowest BCUT2D eigenvalue weighted by Gasteiger charge is -2.72. The number of carbonyl (C=O) groups is 3.